The number of carbonyl (C=O) groups is 1. The number of rotatable bonds is 7. The molecule has 0 saturated carbocycles. The average Bonchev–Trinajstić information content (AvgIpc) is 3.19. The van der Waals surface area contributed by atoms with E-state index < -0.39 is 6.10 Å². The van der Waals surface area contributed by atoms with Crippen LogP contribution < -0.4 is 10.6 Å². The highest BCUT2D eigenvalue weighted by molar-refractivity contribution is 14.0. The van der Waals surface area contributed by atoms with E-state index in [4.69, 9.17) is 0 Å². The number of hydrogen-bond donors (Lipinski definition) is 3. The highest BCUT2D eigenvalue weighted by Gasteiger charge is 2.12. The van der Waals surface area contributed by atoms with Gasteiger partial charge in [0.2, 0.25) is 0 Å². The predicted octanol–water partition coefficient (Wildman–Crippen LogP) is 4.01. The Balaban J connectivity index is 0.00000341. The minimum atomic E-state index is -0.609. The van der Waals surface area contributed by atoms with Gasteiger partial charge < -0.3 is 20.6 Å². The normalized spacial score (nSPS) is 12.2. The topological polar surface area (TPSA) is 77.0 Å². The summed E-state index contributed by atoms with van der Waals surface area (Å²) in [6.07, 6.45) is -0.609. The van der Waals surface area contributed by atoms with E-state index in [1.807, 2.05) is 49.4 Å². The van der Waals surface area contributed by atoms with Gasteiger partial charge in [-0.15, -0.1) is 35.3 Å². The highest BCUT2D eigenvalue weighted by atomic mass is 127. The lowest BCUT2D eigenvalue weighted by Crippen LogP contribution is -2.39. The van der Waals surface area contributed by atoms with Gasteiger partial charge in [-0.25, -0.2) is 4.99 Å². The zero-order chi connectivity index (χ0) is 21.5. The summed E-state index contributed by atoms with van der Waals surface area (Å²) in [5.74, 6) is 0.626. The van der Waals surface area contributed by atoms with Gasteiger partial charge >= 0.3 is 0 Å². The number of halogens is 1. The van der Waals surface area contributed by atoms with Crippen LogP contribution in [0.4, 0.5) is 0 Å². The number of nitrogens with zero attached hydrogens (tertiary/aromatic N) is 2. The summed E-state index contributed by atoms with van der Waals surface area (Å²) in [7, 11) is 3.48. The van der Waals surface area contributed by atoms with Crippen molar-refractivity contribution in [1.29, 1.82) is 0 Å². The van der Waals surface area contributed by atoms with Crippen LogP contribution in [0.3, 0.4) is 0 Å². The zero-order valence-electron chi connectivity index (χ0n) is 18.0. The fourth-order valence-corrected chi connectivity index (χ4v) is 4.03. The number of guanidine groups is 1. The summed E-state index contributed by atoms with van der Waals surface area (Å²) in [5.41, 5.74) is 1.66. The molecule has 0 spiro atoms. The highest BCUT2D eigenvalue weighted by Crippen LogP contribution is 2.29. The first kappa shape index (κ1) is 25.1. The van der Waals surface area contributed by atoms with Gasteiger partial charge in [-0.2, -0.15) is 0 Å². The van der Waals surface area contributed by atoms with Gasteiger partial charge in [0.05, 0.1) is 6.54 Å². The van der Waals surface area contributed by atoms with Crippen LogP contribution in [0, 0.1) is 0 Å². The third-order valence-corrected chi connectivity index (χ3v) is 5.82. The smallest absolute Gasteiger partial charge is 0.253 e. The van der Waals surface area contributed by atoms with E-state index >= 15 is 0 Å². The number of hydrogen-bond acceptors (Lipinski definition) is 4. The average molecular weight is 552 g/mol. The largest absolute Gasteiger partial charge is 0.386 e. The molecule has 3 aromatic rings. The van der Waals surface area contributed by atoms with Gasteiger partial charge in [0.1, 0.15) is 6.10 Å². The first-order chi connectivity index (χ1) is 14.5. The number of aliphatic hydroxyl groups excluding tert-OH is 1. The van der Waals surface area contributed by atoms with Crippen LogP contribution in [0.15, 0.2) is 59.6 Å². The summed E-state index contributed by atoms with van der Waals surface area (Å²) in [4.78, 5) is 19.1. The molecule has 31 heavy (non-hydrogen) atoms. The van der Waals surface area contributed by atoms with E-state index in [0.29, 0.717) is 24.6 Å². The van der Waals surface area contributed by atoms with Crippen LogP contribution in [0.25, 0.3) is 10.1 Å². The molecule has 1 atom stereocenters. The van der Waals surface area contributed by atoms with Crippen LogP contribution in [0.1, 0.15) is 33.8 Å². The summed E-state index contributed by atoms with van der Waals surface area (Å²) in [5, 5.41) is 18.1. The molecule has 3 N–H and O–H groups in total. The molecule has 0 aliphatic heterocycles. The number of amides is 1. The maximum atomic E-state index is 12.0. The summed E-state index contributed by atoms with van der Waals surface area (Å²) in [6.45, 7) is 3.57. The van der Waals surface area contributed by atoms with Crippen molar-refractivity contribution < 1.29 is 9.90 Å². The number of aliphatic imine (C=N–C) groups is 1. The minimum Gasteiger partial charge on any atom is -0.386 e. The van der Waals surface area contributed by atoms with Crippen molar-refractivity contribution in [1.82, 2.24) is 15.5 Å². The Morgan fingerprint density at radius 1 is 1.13 bits per heavy atom. The van der Waals surface area contributed by atoms with Crippen LogP contribution in [-0.4, -0.2) is 49.1 Å². The molecule has 1 unspecified atom stereocenters. The number of carbonyl (C=O) groups excluding carboxylic acids is 1. The quantitative estimate of drug-likeness (QED) is 0.235. The lowest BCUT2D eigenvalue weighted by Gasteiger charge is -2.14. The van der Waals surface area contributed by atoms with Crippen molar-refractivity contribution in [3.8, 4) is 0 Å². The fraction of sp³-hybridized carbons (Fsp3) is 0.304. The molecule has 0 aliphatic carbocycles. The second kappa shape index (κ2) is 12.0. The standard InChI is InChI=1S/C23H28N4O2S.HI/c1-4-24-23(25-14-16-9-11-17(12-10-16)22(29)27(2)3)26-15-19(28)21-13-18-7-5-6-8-20(18)30-21;/h5-13,19,28H,4,14-15H2,1-3H3,(H2,24,25,26);1H. The third kappa shape index (κ3) is 6.91. The SMILES string of the molecule is CCNC(=NCc1ccc(C(=O)N(C)C)cc1)NCC(O)c1cc2ccccc2s1.I. The lowest BCUT2D eigenvalue weighted by molar-refractivity contribution is 0.0827. The van der Waals surface area contributed by atoms with Crippen molar-refractivity contribution in [2.45, 2.75) is 19.6 Å². The minimum absolute atomic E-state index is 0. The lowest BCUT2D eigenvalue weighted by atomic mass is 10.1. The second-order valence-electron chi connectivity index (χ2n) is 7.17. The van der Waals surface area contributed by atoms with Crippen molar-refractivity contribution >= 4 is 57.3 Å². The van der Waals surface area contributed by atoms with Crippen LogP contribution >= 0.6 is 35.3 Å². The molecule has 1 aromatic heterocycles. The Morgan fingerprint density at radius 2 is 1.84 bits per heavy atom. The monoisotopic (exact) mass is 552 g/mol. The van der Waals surface area contributed by atoms with E-state index in [1.165, 1.54) is 4.70 Å². The second-order valence-corrected chi connectivity index (χ2v) is 8.29. The van der Waals surface area contributed by atoms with Gasteiger partial charge in [-0.1, -0.05) is 30.3 Å². The Bertz CT molecular complexity index is 985. The Labute approximate surface area is 204 Å². The molecular weight excluding hydrogens is 523 g/mol. The van der Waals surface area contributed by atoms with E-state index in [2.05, 4.69) is 27.8 Å². The van der Waals surface area contributed by atoms with E-state index in [1.54, 1.807) is 30.3 Å². The first-order valence-electron chi connectivity index (χ1n) is 9.97. The van der Waals surface area contributed by atoms with Crippen molar-refractivity contribution in [3.05, 3.63) is 70.6 Å². The number of thiophene rings is 1. The molecular formula is C23H29IN4O2S. The molecule has 3 rings (SSSR count). The molecule has 0 fully saturated rings. The van der Waals surface area contributed by atoms with Gasteiger partial charge in [0.25, 0.3) is 5.91 Å². The molecule has 0 aliphatic rings. The summed E-state index contributed by atoms with van der Waals surface area (Å²) < 4.78 is 1.17. The van der Waals surface area contributed by atoms with E-state index in [9.17, 15) is 9.90 Å². The van der Waals surface area contributed by atoms with Gasteiger partial charge in [-0.05, 0) is 42.1 Å². The number of aliphatic hydroxyl groups is 1. The first-order valence-corrected chi connectivity index (χ1v) is 10.8. The molecule has 8 heteroatoms. The van der Waals surface area contributed by atoms with Gasteiger partial charge in [0, 0.05) is 42.3 Å². The van der Waals surface area contributed by atoms with Crippen LogP contribution in [-0.2, 0) is 6.54 Å². The molecule has 0 bridgehead atoms. The third-order valence-electron chi connectivity index (χ3n) is 4.61. The Morgan fingerprint density at radius 3 is 2.48 bits per heavy atom. The molecule has 0 radical (unpaired) electrons. The van der Waals surface area contributed by atoms with Crippen molar-refractivity contribution in [2.24, 2.45) is 4.99 Å². The number of benzene rings is 2. The number of nitrogens with one attached hydrogen (secondary N) is 2. The summed E-state index contributed by atoms with van der Waals surface area (Å²) >= 11 is 1.60. The fourth-order valence-electron chi connectivity index (χ4n) is 2.98. The van der Waals surface area contributed by atoms with Gasteiger partial charge in [0.15, 0.2) is 5.96 Å². The zero-order valence-corrected chi connectivity index (χ0v) is 21.1. The number of fused-ring (bicyclic) bond motifs is 1. The molecule has 0 saturated heterocycles. The van der Waals surface area contributed by atoms with E-state index in [-0.39, 0.29) is 29.9 Å². The van der Waals surface area contributed by atoms with Crippen LogP contribution in [0.5, 0.6) is 0 Å². The van der Waals surface area contributed by atoms with Crippen LogP contribution in [0.2, 0.25) is 0 Å². The molecule has 2 aromatic carbocycles. The van der Waals surface area contributed by atoms with Crippen molar-refractivity contribution in [3.63, 3.8) is 0 Å². The molecule has 1 amide bonds. The Kier molecular flexibility index (Phi) is 9.73. The Hall–Kier alpha value is -2.17. The predicted molar refractivity (Wildman–Crippen MR) is 139 cm³/mol. The molecule has 6 nitrogen and oxygen atoms in total. The molecule has 1 heterocycles. The van der Waals surface area contributed by atoms with E-state index in [0.717, 1.165) is 22.4 Å². The molecule has 166 valence electrons. The maximum absolute atomic E-state index is 12.0. The van der Waals surface area contributed by atoms with Gasteiger partial charge in [-0.3, -0.25) is 4.79 Å². The summed E-state index contributed by atoms with van der Waals surface area (Å²) in [6, 6.07) is 17.6. The maximum Gasteiger partial charge on any atom is 0.253 e. The van der Waals surface area contributed by atoms with Crippen molar-refractivity contribution in [2.75, 3.05) is 27.2 Å².